The van der Waals surface area contributed by atoms with E-state index in [-0.39, 0.29) is 17.6 Å². The summed E-state index contributed by atoms with van der Waals surface area (Å²) in [6, 6.07) is 1.66. The van der Waals surface area contributed by atoms with Crippen molar-refractivity contribution in [2.75, 3.05) is 13.1 Å². The number of piperidine rings is 1. The van der Waals surface area contributed by atoms with Crippen molar-refractivity contribution in [2.24, 2.45) is 7.05 Å². The number of nitrogens with zero attached hydrogens (tertiary/aromatic N) is 7. The van der Waals surface area contributed by atoms with Gasteiger partial charge in [-0.1, -0.05) is 0 Å². The maximum atomic E-state index is 12.9. The Balaban J connectivity index is 1.53. The van der Waals surface area contributed by atoms with Gasteiger partial charge < -0.3 is 4.90 Å². The molecule has 3 aromatic rings. The lowest BCUT2D eigenvalue weighted by atomic mass is 9.93. The minimum atomic E-state index is -4.62. The summed E-state index contributed by atoms with van der Waals surface area (Å²) in [6.45, 7) is 2.84. The van der Waals surface area contributed by atoms with E-state index in [9.17, 15) is 18.0 Å². The standard InChI is InChI=1S/C17H18F3N7O/c1-10-12(9-22-25(10)2)14(28)26-7-4-11(5-8-26)13-3-6-21-16-23-15(17(18,19)20)24-27(13)16/h3,6,9,11H,4-5,7-8H2,1-2H3. The molecule has 28 heavy (non-hydrogen) atoms. The van der Waals surface area contributed by atoms with Crippen molar-refractivity contribution in [3.8, 4) is 0 Å². The number of alkyl halides is 3. The van der Waals surface area contributed by atoms with Crippen LogP contribution in [0, 0.1) is 6.92 Å². The van der Waals surface area contributed by atoms with E-state index in [1.807, 2.05) is 6.92 Å². The summed E-state index contributed by atoms with van der Waals surface area (Å²) in [7, 11) is 1.78. The van der Waals surface area contributed by atoms with Gasteiger partial charge in [-0.2, -0.15) is 23.3 Å². The maximum Gasteiger partial charge on any atom is 0.453 e. The third-order valence-electron chi connectivity index (χ3n) is 5.19. The quantitative estimate of drug-likeness (QED) is 0.667. The first kappa shape index (κ1) is 18.4. The van der Waals surface area contributed by atoms with Crippen LogP contribution in [0.5, 0.6) is 0 Å². The summed E-state index contributed by atoms with van der Waals surface area (Å²) >= 11 is 0. The van der Waals surface area contributed by atoms with Crippen LogP contribution in [0.25, 0.3) is 5.78 Å². The molecule has 0 N–H and O–H groups in total. The van der Waals surface area contributed by atoms with Crippen molar-refractivity contribution in [1.29, 1.82) is 0 Å². The fraction of sp³-hybridized carbons (Fsp3) is 0.471. The highest BCUT2D eigenvalue weighted by Gasteiger charge is 2.37. The molecule has 0 radical (unpaired) electrons. The molecule has 1 amide bonds. The van der Waals surface area contributed by atoms with Crippen LogP contribution in [0.15, 0.2) is 18.5 Å². The van der Waals surface area contributed by atoms with Crippen molar-refractivity contribution >= 4 is 11.7 Å². The number of amides is 1. The fourth-order valence-electron chi connectivity index (χ4n) is 3.50. The average molecular weight is 393 g/mol. The van der Waals surface area contributed by atoms with Crippen molar-refractivity contribution in [3.05, 3.63) is 41.2 Å². The Morgan fingerprint density at radius 1 is 1.25 bits per heavy atom. The van der Waals surface area contributed by atoms with E-state index >= 15 is 0 Å². The highest BCUT2D eigenvalue weighted by atomic mass is 19.4. The molecule has 0 aliphatic carbocycles. The van der Waals surface area contributed by atoms with E-state index in [1.54, 1.807) is 28.9 Å². The van der Waals surface area contributed by atoms with Crippen LogP contribution in [0.3, 0.4) is 0 Å². The second-order valence-electron chi connectivity index (χ2n) is 6.85. The monoisotopic (exact) mass is 393 g/mol. The lowest BCUT2D eigenvalue weighted by Gasteiger charge is -2.32. The number of hydrogen-bond acceptors (Lipinski definition) is 5. The van der Waals surface area contributed by atoms with Gasteiger partial charge >= 0.3 is 6.18 Å². The molecule has 3 aromatic heterocycles. The minimum Gasteiger partial charge on any atom is -0.338 e. The van der Waals surface area contributed by atoms with Gasteiger partial charge in [0.2, 0.25) is 0 Å². The smallest absolute Gasteiger partial charge is 0.338 e. The van der Waals surface area contributed by atoms with Gasteiger partial charge in [0.1, 0.15) is 0 Å². The van der Waals surface area contributed by atoms with Crippen LogP contribution >= 0.6 is 0 Å². The summed E-state index contributed by atoms with van der Waals surface area (Å²) in [4.78, 5) is 21.8. The van der Waals surface area contributed by atoms with E-state index < -0.39 is 12.0 Å². The first-order valence-electron chi connectivity index (χ1n) is 8.82. The number of halogens is 3. The zero-order chi connectivity index (χ0) is 20.1. The Bertz CT molecular complexity index is 1030. The molecule has 4 rings (SSSR count). The third kappa shape index (κ3) is 3.10. The normalized spacial score (nSPS) is 16.1. The molecule has 148 valence electrons. The van der Waals surface area contributed by atoms with Gasteiger partial charge in [0, 0.05) is 37.9 Å². The van der Waals surface area contributed by atoms with E-state index in [0.717, 1.165) is 10.2 Å². The zero-order valence-electron chi connectivity index (χ0n) is 15.3. The van der Waals surface area contributed by atoms with Crippen LogP contribution in [0.2, 0.25) is 0 Å². The van der Waals surface area contributed by atoms with Gasteiger partial charge in [0.15, 0.2) is 0 Å². The number of fused-ring (bicyclic) bond motifs is 1. The summed E-state index contributed by atoms with van der Waals surface area (Å²) < 4.78 is 41.6. The molecule has 0 spiro atoms. The summed E-state index contributed by atoms with van der Waals surface area (Å²) in [6.07, 6.45) is -0.390. The van der Waals surface area contributed by atoms with Crippen molar-refractivity contribution in [2.45, 2.75) is 31.9 Å². The Hall–Kier alpha value is -2.98. The summed E-state index contributed by atoms with van der Waals surface area (Å²) in [5, 5.41) is 7.70. The van der Waals surface area contributed by atoms with E-state index in [1.165, 1.54) is 6.20 Å². The molecule has 4 heterocycles. The molecule has 0 aromatic carbocycles. The second-order valence-corrected chi connectivity index (χ2v) is 6.85. The molecule has 1 aliphatic rings. The number of hydrogen-bond donors (Lipinski definition) is 0. The van der Waals surface area contributed by atoms with E-state index in [2.05, 4.69) is 20.2 Å². The van der Waals surface area contributed by atoms with Crippen LogP contribution in [0.4, 0.5) is 13.2 Å². The highest BCUT2D eigenvalue weighted by molar-refractivity contribution is 5.95. The second kappa shape index (κ2) is 6.57. The highest BCUT2D eigenvalue weighted by Crippen LogP contribution is 2.31. The average Bonchev–Trinajstić information content (AvgIpc) is 3.25. The van der Waals surface area contributed by atoms with Gasteiger partial charge in [-0.05, 0) is 25.8 Å². The molecule has 1 aliphatic heterocycles. The number of aryl methyl sites for hydroxylation is 1. The van der Waals surface area contributed by atoms with Crippen molar-refractivity contribution in [1.82, 2.24) is 34.3 Å². The van der Waals surface area contributed by atoms with Crippen LogP contribution < -0.4 is 0 Å². The van der Waals surface area contributed by atoms with E-state index in [4.69, 9.17) is 0 Å². The fourth-order valence-corrected chi connectivity index (χ4v) is 3.50. The molecule has 0 atom stereocenters. The molecule has 1 saturated heterocycles. The predicted molar refractivity (Wildman–Crippen MR) is 91.6 cm³/mol. The van der Waals surface area contributed by atoms with Crippen molar-refractivity contribution < 1.29 is 18.0 Å². The topological polar surface area (TPSA) is 81.2 Å². The Morgan fingerprint density at radius 2 is 1.96 bits per heavy atom. The number of aromatic nitrogens is 6. The van der Waals surface area contributed by atoms with Gasteiger partial charge in [0.05, 0.1) is 17.5 Å². The third-order valence-corrected chi connectivity index (χ3v) is 5.19. The molecule has 0 unspecified atom stereocenters. The number of carbonyl (C=O) groups is 1. The molecule has 8 nitrogen and oxygen atoms in total. The first-order chi connectivity index (χ1) is 13.3. The molecule has 11 heteroatoms. The Morgan fingerprint density at radius 3 is 2.57 bits per heavy atom. The molecule has 1 fully saturated rings. The van der Waals surface area contributed by atoms with Gasteiger partial charge in [-0.15, -0.1) is 5.10 Å². The lowest BCUT2D eigenvalue weighted by molar-refractivity contribution is -0.144. The first-order valence-corrected chi connectivity index (χ1v) is 8.82. The van der Waals surface area contributed by atoms with Crippen LogP contribution in [0.1, 0.15) is 46.3 Å². The predicted octanol–water partition coefficient (Wildman–Crippen LogP) is 2.20. The van der Waals surface area contributed by atoms with Crippen LogP contribution in [-0.2, 0) is 13.2 Å². The van der Waals surface area contributed by atoms with Gasteiger partial charge in [-0.25, -0.2) is 9.50 Å². The maximum absolute atomic E-state index is 12.9. The largest absolute Gasteiger partial charge is 0.453 e. The number of rotatable bonds is 2. The molecular weight excluding hydrogens is 375 g/mol. The van der Waals surface area contributed by atoms with Crippen LogP contribution in [-0.4, -0.2) is 53.3 Å². The SMILES string of the molecule is Cc1c(C(=O)N2CCC(c3ccnc4nc(C(F)(F)F)nn34)CC2)cnn1C. The Kier molecular flexibility index (Phi) is 4.31. The Labute approximate surface area is 158 Å². The summed E-state index contributed by atoms with van der Waals surface area (Å²) in [5.41, 5.74) is 1.99. The van der Waals surface area contributed by atoms with E-state index in [0.29, 0.717) is 37.2 Å². The van der Waals surface area contributed by atoms with Crippen molar-refractivity contribution in [3.63, 3.8) is 0 Å². The minimum absolute atomic E-state index is 0.0349. The zero-order valence-corrected chi connectivity index (χ0v) is 15.3. The van der Waals surface area contributed by atoms with Gasteiger partial charge in [0.25, 0.3) is 17.5 Å². The number of carbonyl (C=O) groups excluding carboxylic acids is 1. The molecule has 0 saturated carbocycles. The number of likely N-dealkylation sites (tertiary alicyclic amines) is 1. The van der Waals surface area contributed by atoms with Gasteiger partial charge in [-0.3, -0.25) is 9.48 Å². The molecular formula is C17H18F3N7O. The lowest BCUT2D eigenvalue weighted by Crippen LogP contribution is -2.38. The summed E-state index contributed by atoms with van der Waals surface area (Å²) in [5.74, 6) is -1.39. The molecule has 0 bridgehead atoms.